The van der Waals surface area contributed by atoms with Crippen molar-refractivity contribution in [3.8, 4) is 17.1 Å². The lowest BCUT2D eigenvalue weighted by Crippen LogP contribution is -2.47. The SMILES string of the molecule is CCC(Oc1oc2ccccc2c(=O)c1-c1ccccc1)C1CCCNC1O. The third-order valence-corrected chi connectivity index (χ3v) is 5.44. The predicted molar refractivity (Wildman–Crippen MR) is 109 cm³/mol. The van der Waals surface area contributed by atoms with E-state index in [9.17, 15) is 9.90 Å². The van der Waals surface area contributed by atoms with Gasteiger partial charge in [-0.1, -0.05) is 49.4 Å². The summed E-state index contributed by atoms with van der Waals surface area (Å²) in [6.45, 7) is 2.82. The number of piperidine rings is 1. The van der Waals surface area contributed by atoms with E-state index in [0.717, 1.165) is 24.9 Å². The molecular formula is C23H25NO4. The third kappa shape index (κ3) is 3.55. The van der Waals surface area contributed by atoms with Crippen molar-refractivity contribution in [2.45, 2.75) is 38.5 Å². The molecule has 0 spiro atoms. The number of aliphatic hydroxyl groups is 1. The first-order valence-corrected chi connectivity index (χ1v) is 9.88. The molecule has 5 nitrogen and oxygen atoms in total. The molecule has 2 N–H and O–H groups in total. The second-order valence-corrected chi connectivity index (χ2v) is 7.23. The van der Waals surface area contributed by atoms with Gasteiger partial charge in [0.1, 0.15) is 23.5 Å². The first-order chi connectivity index (χ1) is 13.7. The van der Waals surface area contributed by atoms with Gasteiger partial charge in [-0.25, -0.2) is 0 Å². The molecule has 3 unspecified atom stereocenters. The second-order valence-electron chi connectivity index (χ2n) is 7.23. The van der Waals surface area contributed by atoms with Crippen LogP contribution in [-0.2, 0) is 0 Å². The van der Waals surface area contributed by atoms with E-state index < -0.39 is 6.23 Å². The van der Waals surface area contributed by atoms with Gasteiger partial charge in [0.2, 0.25) is 5.43 Å². The van der Waals surface area contributed by atoms with Gasteiger partial charge in [-0.05, 0) is 43.5 Å². The lowest BCUT2D eigenvalue weighted by Gasteiger charge is -2.34. The number of rotatable bonds is 5. The smallest absolute Gasteiger partial charge is 0.297 e. The van der Waals surface area contributed by atoms with Crippen LogP contribution in [0.2, 0.25) is 0 Å². The van der Waals surface area contributed by atoms with Crippen LogP contribution in [0.15, 0.2) is 63.8 Å². The Morgan fingerprint density at radius 3 is 2.68 bits per heavy atom. The molecule has 4 rings (SSSR count). The summed E-state index contributed by atoms with van der Waals surface area (Å²) in [5.41, 5.74) is 1.57. The summed E-state index contributed by atoms with van der Waals surface area (Å²) in [6.07, 6.45) is 1.68. The zero-order valence-electron chi connectivity index (χ0n) is 15.9. The van der Waals surface area contributed by atoms with Gasteiger partial charge >= 0.3 is 0 Å². The largest absolute Gasteiger partial charge is 0.461 e. The quantitative estimate of drug-likeness (QED) is 0.703. The number of nitrogens with one attached hydrogen (secondary N) is 1. The summed E-state index contributed by atoms with van der Waals surface area (Å²) in [5, 5.41) is 14.0. The van der Waals surface area contributed by atoms with Crippen molar-refractivity contribution >= 4 is 11.0 Å². The van der Waals surface area contributed by atoms with Crippen molar-refractivity contribution in [1.29, 1.82) is 0 Å². The maximum absolute atomic E-state index is 13.3. The van der Waals surface area contributed by atoms with E-state index in [1.807, 2.05) is 49.4 Å². The molecule has 0 bridgehead atoms. The molecule has 146 valence electrons. The molecular weight excluding hydrogens is 354 g/mol. The first-order valence-electron chi connectivity index (χ1n) is 9.88. The van der Waals surface area contributed by atoms with Crippen molar-refractivity contribution in [2.75, 3.05) is 6.54 Å². The van der Waals surface area contributed by atoms with Crippen LogP contribution in [0.1, 0.15) is 26.2 Å². The van der Waals surface area contributed by atoms with Crippen LogP contribution < -0.4 is 15.5 Å². The first kappa shape index (κ1) is 18.7. The minimum Gasteiger partial charge on any atom is -0.461 e. The van der Waals surface area contributed by atoms with Crippen molar-refractivity contribution in [1.82, 2.24) is 5.32 Å². The molecule has 1 aliphatic rings. The molecule has 1 fully saturated rings. The van der Waals surface area contributed by atoms with Gasteiger partial charge in [0.15, 0.2) is 0 Å². The molecule has 3 aromatic rings. The number of hydrogen-bond acceptors (Lipinski definition) is 5. The summed E-state index contributed by atoms with van der Waals surface area (Å²) in [6, 6.07) is 16.7. The summed E-state index contributed by atoms with van der Waals surface area (Å²) < 4.78 is 12.3. The topological polar surface area (TPSA) is 71.7 Å². The van der Waals surface area contributed by atoms with E-state index >= 15 is 0 Å². The van der Waals surface area contributed by atoms with E-state index in [2.05, 4.69) is 5.32 Å². The van der Waals surface area contributed by atoms with E-state index in [4.69, 9.17) is 9.15 Å². The molecule has 3 atom stereocenters. The Labute approximate surface area is 164 Å². The Hall–Kier alpha value is -2.63. The zero-order chi connectivity index (χ0) is 19.5. The van der Waals surface area contributed by atoms with Crippen molar-refractivity contribution in [3.63, 3.8) is 0 Å². The molecule has 0 aliphatic carbocycles. The van der Waals surface area contributed by atoms with Gasteiger partial charge < -0.3 is 14.3 Å². The van der Waals surface area contributed by atoms with Gasteiger partial charge in [-0.15, -0.1) is 0 Å². The monoisotopic (exact) mass is 379 g/mol. The van der Waals surface area contributed by atoms with Crippen LogP contribution in [0.3, 0.4) is 0 Å². The number of ether oxygens (including phenoxy) is 1. The second kappa shape index (κ2) is 8.17. The van der Waals surface area contributed by atoms with Crippen LogP contribution in [0.25, 0.3) is 22.1 Å². The van der Waals surface area contributed by atoms with Crippen molar-refractivity contribution in [3.05, 3.63) is 64.8 Å². The normalized spacial score (nSPS) is 20.8. The van der Waals surface area contributed by atoms with Gasteiger partial charge in [-0.3, -0.25) is 10.1 Å². The molecule has 1 aromatic heterocycles. The summed E-state index contributed by atoms with van der Waals surface area (Å²) >= 11 is 0. The summed E-state index contributed by atoms with van der Waals surface area (Å²) in [7, 11) is 0. The molecule has 0 radical (unpaired) electrons. The van der Waals surface area contributed by atoms with Gasteiger partial charge in [0, 0.05) is 5.92 Å². The standard InChI is InChI=1S/C23H25NO4/c1-2-18(17-12-8-14-24-22(17)26)27-23-20(15-9-4-3-5-10-15)21(25)16-11-6-7-13-19(16)28-23/h3-7,9-11,13,17-18,22,24,26H,2,8,12,14H2,1H3. The fourth-order valence-corrected chi connectivity index (χ4v) is 3.96. The van der Waals surface area contributed by atoms with Crippen LogP contribution in [0.5, 0.6) is 5.95 Å². The molecule has 5 heteroatoms. The maximum atomic E-state index is 13.3. The molecule has 0 saturated carbocycles. The van der Waals surface area contributed by atoms with E-state index in [1.54, 1.807) is 12.1 Å². The molecule has 2 aromatic carbocycles. The highest BCUT2D eigenvalue weighted by atomic mass is 16.6. The minimum absolute atomic E-state index is 0.0563. The average Bonchev–Trinajstić information content (AvgIpc) is 2.73. The van der Waals surface area contributed by atoms with Gasteiger partial charge in [0.05, 0.1) is 5.39 Å². The van der Waals surface area contributed by atoms with Crippen LogP contribution in [0.4, 0.5) is 0 Å². The number of aliphatic hydroxyl groups excluding tert-OH is 1. The van der Waals surface area contributed by atoms with Crippen LogP contribution in [-0.4, -0.2) is 24.0 Å². The lowest BCUT2D eigenvalue weighted by atomic mass is 9.90. The lowest BCUT2D eigenvalue weighted by molar-refractivity contribution is -0.0220. The highest BCUT2D eigenvalue weighted by Crippen LogP contribution is 2.33. The maximum Gasteiger partial charge on any atom is 0.297 e. The molecule has 1 saturated heterocycles. The Bertz CT molecular complexity index is 998. The van der Waals surface area contributed by atoms with Crippen LogP contribution in [0, 0.1) is 5.92 Å². The van der Waals surface area contributed by atoms with Crippen molar-refractivity contribution in [2.24, 2.45) is 5.92 Å². The fraction of sp³-hybridized carbons (Fsp3) is 0.348. The Morgan fingerprint density at radius 2 is 1.93 bits per heavy atom. The highest BCUT2D eigenvalue weighted by Gasteiger charge is 2.32. The zero-order valence-corrected chi connectivity index (χ0v) is 15.9. The number of hydrogen-bond donors (Lipinski definition) is 2. The fourth-order valence-electron chi connectivity index (χ4n) is 3.96. The van der Waals surface area contributed by atoms with Gasteiger partial charge in [-0.2, -0.15) is 0 Å². The van der Waals surface area contributed by atoms with Gasteiger partial charge in [0.25, 0.3) is 5.95 Å². The highest BCUT2D eigenvalue weighted by molar-refractivity contribution is 5.83. The molecule has 0 amide bonds. The molecule has 28 heavy (non-hydrogen) atoms. The van der Waals surface area contributed by atoms with Crippen molar-refractivity contribution < 1.29 is 14.3 Å². The molecule has 1 aliphatic heterocycles. The number of para-hydroxylation sites is 1. The average molecular weight is 379 g/mol. The summed E-state index contributed by atoms with van der Waals surface area (Å²) in [4.78, 5) is 13.3. The Balaban J connectivity index is 1.82. The van der Waals surface area contributed by atoms with E-state index in [-0.39, 0.29) is 23.4 Å². The van der Waals surface area contributed by atoms with E-state index in [0.29, 0.717) is 23.0 Å². The molecule has 2 heterocycles. The Kier molecular flexibility index (Phi) is 5.46. The summed E-state index contributed by atoms with van der Waals surface area (Å²) in [5.74, 6) is 0.165. The van der Waals surface area contributed by atoms with Crippen LogP contribution >= 0.6 is 0 Å². The third-order valence-electron chi connectivity index (χ3n) is 5.44. The number of fused-ring (bicyclic) bond motifs is 1. The Morgan fingerprint density at radius 1 is 1.18 bits per heavy atom. The van der Waals surface area contributed by atoms with E-state index in [1.165, 1.54) is 0 Å². The number of benzene rings is 2. The minimum atomic E-state index is -0.619. The predicted octanol–water partition coefficient (Wildman–Crippen LogP) is 3.94.